The molecule has 1 fully saturated rings. The highest BCUT2D eigenvalue weighted by atomic mass is 16.5. The molecule has 0 heterocycles. The Kier molecular flexibility index (Phi) is 6.30. The molecule has 1 N–H and O–H groups in total. The molecule has 0 unspecified atom stereocenters. The van der Waals surface area contributed by atoms with Crippen molar-refractivity contribution in [1.29, 1.82) is 5.26 Å². The van der Waals surface area contributed by atoms with Gasteiger partial charge >= 0.3 is 0 Å². The van der Waals surface area contributed by atoms with Crippen LogP contribution in [0.2, 0.25) is 0 Å². The van der Waals surface area contributed by atoms with E-state index >= 15 is 0 Å². The summed E-state index contributed by atoms with van der Waals surface area (Å²) in [5.74, 6) is 1.47. The number of rotatable bonds is 6. The van der Waals surface area contributed by atoms with Gasteiger partial charge in [-0.1, -0.05) is 49.1 Å². The molecular formula is C18H24N2O. The van der Waals surface area contributed by atoms with Crippen LogP contribution in [0.1, 0.15) is 37.7 Å². The van der Waals surface area contributed by atoms with Crippen LogP contribution in [-0.2, 0) is 0 Å². The Morgan fingerprint density at radius 3 is 2.81 bits per heavy atom. The number of benzene rings is 1. The fraction of sp³-hybridized carbons (Fsp3) is 0.500. The van der Waals surface area contributed by atoms with Crippen molar-refractivity contribution in [2.24, 2.45) is 5.92 Å². The van der Waals surface area contributed by atoms with Gasteiger partial charge in [0.05, 0.1) is 0 Å². The summed E-state index contributed by atoms with van der Waals surface area (Å²) < 4.78 is 5.53. The van der Waals surface area contributed by atoms with Crippen molar-refractivity contribution in [3.63, 3.8) is 0 Å². The summed E-state index contributed by atoms with van der Waals surface area (Å²) in [7, 11) is 1.99. The number of ether oxygens (including phenoxy) is 1. The van der Waals surface area contributed by atoms with E-state index in [-0.39, 0.29) is 6.61 Å². The van der Waals surface area contributed by atoms with E-state index in [0.717, 1.165) is 17.9 Å². The summed E-state index contributed by atoms with van der Waals surface area (Å²) in [4.78, 5) is 0. The number of hydrogen-bond acceptors (Lipinski definition) is 3. The predicted molar refractivity (Wildman–Crippen MR) is 86.0 cm³/mol. The Morgan fingerprint density at radius 1 is 1.33 bits per heavy atom. The van der Waals surface area contributed by atoms with Crippen LogP contribution in [0.3, 0.4) is 0 Å². The van der Waals surface area contributed by atoms with Crippen LogP contribution in [0.15, 0.2) is 29.8 Å². The van der Waals surface area contributed by atoms with Gasteiger partial charge in [0.25, 0.3) is 0 Å². The Morgan fingerprint density at radius 2 is 2.10 bits per heavy atom. The molecule has 0 aliphatic heterocycles. The van der Waals surface area contributed by atoms with Gasteiger partial charge in [-0.15, -0.1) is 0 Å². The van der Waals surface area contributed by atoms with Gasteiger partial charge in [0.15, 0.2) is 6.61 Å². The van der Waals surface area contributed by atoms with Crippen LogP contribution >= 0.6 is 0 Å². The smallest absolute Gasteiger partial charge is 0.174 e. The summed E-state index contributed by atoms with van der Waals surface area (Å²) in [5.41, 5.74) is 2.52. The van der Waals surface area contributed by atoms with Gasteiger partial charge in [-0.2, -0.15) is 5.26 Å². The number of nitrogens with one attached hydrogen (secondary N) is 1. The fourth-order valence-electron chi connectivity index (χ4n) is 3.03. The molecule has 21 heavy (non-hydrogen) atoms. The monoisotopic (exact) mass is 284 g/mol. The Balaban J connectivity index is 2.22. The summed E-state index contributed by atoms with van der Waals surface area (Å²) in [6.45, 7) is 1.01. The highest BCUT2D eigenvalue weighted by Gasteiger charge is 2.17. The Labute approximate surface area is 127 Å². The van der Waals surface area contributed by atoms with Crippen molar-refractivity contribution in [3.05, 3.63) is 35.4 Å². The third kappa shape index (κ3) is 4.61. The standard InChI is InChI=1S/C18H24N2O/c1-20-14-17(15-7-3-2-4-8-15)13-16-9-5-6-10-18(16)21-12-11-19/h5-6,9-10,13,15,20H,2-4,7-8,12,14H2,1H3/b17-13-. The van der Waals surface area contributed by atoms with E-state index in [1.807, 2.05) is 31.3 Å². The molecule has 0 atom stereocenters. The van der Waals surface area contributed by atoms with Crippen LogP contribution in [-0.4, -0.2) is 20.2 Å². The Bertz CT molecular complexity index is 510. The van der Waals surface area contributed by atoms with Crippen LogP contribution in [0.5, 0.6) is 5.75 Å². The number of para-hydroxylation sites is 1. The van der Waals surface area contributed by atoms with Crippen LogP contribution in [0.4, 0.5) is 0 Å². The first kappa shape index (κ1) is 15.6. The second kappa shape index (κ2) is 8.49. The lowest BCUT2D eigenvalue weighted by Gasteiger charge is -2.25. The minimum Gasteiger partial charge on any atom is -0.478 e. The van der Waals surface area contributed by atoms with Crippen molar-refractivity contribution in [2.45, 2.75) is 32.1 Å². The zero-order valence-corrected chi connectivity index (χ0v) is 12.8. The van der Waals surface area contributed by atoms with E-state index in [1.54, 1.807) is 0 Å². The quantitative estimate of drug-likeness (QED) is 0.864. The van der Waals surface area contributed by atoms with Crippen LogP contribution in [0.25, 0.3) is 6.08 Å². The zero-order chi connectivity index (χ0) is 14.9. The van der Waals surface area contributed by atoms with Crippen molar-refractivity contribution in [2.75, 3.05) is 20.2 Å². The fourth-order valence-corrected chi connectivity index (χ4v) is 3.03. The SMILES string of the molecule is CNC/C(=C/c1ccccc1OCC#N)C1CCCCC1. The first-order valence-corrected chi connectivity index (χ1v) is 7.79. The molecule has 1 saturated carbocycles. The largest absolute Gasteiger partial charge is 0.478 e. The normalized spacial score (nSPS) is 16.5. The van der Waals surface area contributed by atoms with Gasteiger partial charge < -0.3 is 10.1 Å². The lowest BCUT2D eigenvalue weighted by Crippen LogP contribution is -2.19. The maximum atomic E-state index is 8.69. The maximum Gasteiger partial charge on any atom is 0.174 e. The predicted octanol–water partition coefficient (Wildman–Crippen LogP) is 3.77. The summed E-state index contributed by atoms with van der Waals surface area (Å²) in [6.07, 6.45) is 8.85. The third-order valence-corrected chi connectivity index (χ3v) is 4.06. The molecule has 1 aromatic rings. The molecule has 1 aliphatic carbocycles. The average molecular weight is 284 g/mol. The van der Waals surface area contributed by atoms with Crippen molar-refractivity contribution >= 4 is 6.08 Å². The summed E-state index contributed by atoms with van der Waals surface area (Å²) >= 11 is 0. The molecule has 0 radical (unpaired) electrons. The van der Waals surface area contributed by atoms with Crippen molar-refractivity contribution in [1.82, 2.24) is 5.32 Å². The first-order chi connectivity index (χ1) is 10.3. The van der Waals surface area contributed by atoms with Crippen LogP contribution < -0.4 is 10.1 Å². The van der Waals surface area contributed by atoms with Crippen molar-refractivity contribution < 1.29 is 4.74 Å². The molecular weight excluding hydrogens is 260 g/mol. The molecule has 0 bridgehead atoms. The zero-order valence-electron chi connectivity index (χ0n) is 12.8. The second-order valence-corrected chi connectivity index (χ2v) is 5.57. The molecule has 0 aromatic heterocycles. The van der Waals surface area contributed by atoms with Crippen molar-refractivity contribution in [3.8, 4) is 11.8 Å². The molecule has 0 spiro atoms. The summed E-state index contributed by atoms with van der Waals surface area (Å²) in [6, 6.07) is 9.99. The number of nitriles is 1. The van der Waals surface area contributed by atoms with E-state index in [1.165, 1.54) is 37.7 Å². The number of hydrogen-bond donors (Lipinski definition) is 1. The summed E-state index contributed by atoms with van der Waals surface area (Å²) in [5, 5.41) is 12.0. The Hall–Kier alpha value is -1.79. The highest BCUT2D eigenvalue weighted by molar-refractivity contribution is 5.60. The van der Waals surface area contributed by atoms with Gasteiger partial charge in [-0.25, -0.2) is 0 Å². The van der Waals surface area contributed by atoms with E-state index in [9.17, 15) is 0 Å². The maximum absolute atomic E-state index is 8.69. The van der Waals surface area contributed by atoms with Gasteiger partial charge in [0.2, 0.25) is 0 Å². The minimum atomic E-state index is 0.0929. The van der Waals surface area contributed by atoms with Gasteiger partial charge in [0.1, 0.15) is 11.8 Å². The second-order valence-electron chi connectivity index (χ2n) is 5.57. The number of nitrogens with zero attached hydrogens (tertiary/aromatic N) is 1. The molecule has 3 nitrogen and oxygen atoms in total. The molecule has 0 saturated heterocycles. The topological polar surface area (TPSA) is 45.0 Å². The van der Waals surface area contributed by atoms with Gasteiger partial charge in [-0.05, 0) is 31.9 Å². The van der Waals surface area contributed by atoms with E-state index in [2.05, 4.69) is 17.5 Å². The molecule has 112 valence electrons. The first-order valence-electron chi connectivity index (χ1n) is 7.79. The molecule has 1 aliphatic rings. The van der Waals surface area contributed by atoms with E-state index in [0.29, 0.717) is 5.92 Å². The van der Waals surface area contributed by atoms with E-state index in [4.69, 9.17) is 10.00 Å². The highest BCUT2D eigenvalue weighted by Crippen LogP contribution is 2.32. The number of likely N-dealkylation sites (N-methyl/N-ethyl adjacent to an activating group) is 1. The molecule has 1 aromatic carbocycles. The van der Waals surface area contributed by atoms with Gasteiger partial charge in [0, 0.05) is 12.1 Å². The van der Waals surface area contributed by atoms with Gasteiger partial charge in [-0.3, -0.25) is 0 Å². The lowest BCUT2D eigenvalue weighted by molar-refractivity contribution is 0.367. The molecule has 3 heteroatoms. The lowest BCUT2D eigenvalue weighted by atomic mass is 9.83. The minimum absolute atomic E-state index is 0.0929. The third-order valence-electron chi connectivity index (χ3n) is 4.06. The van der Waals surface area contributed by atoms with Crippen LogP contribution in [0, 0.1) is 17.2 Å². The average Bonchev–Trinajstić information content (AvgIpc) is 2.54. The molecule has 2 rings (SSSR count). The van der Waals surface area contributed by atoms with E-state index < -0.39 is 0 Å². The molecule has 0 amide bonds.